The number of nitrogens with two attached hydrogens (primary N) is 1. The van der Waals surface area contributed by atoms with Gasteiger partial charge in [-0.3, -0.25) is 14.9 Å². The second-order valence-corrected chi connectivity index (χ2v) is 9.44. The Labute approximate surface area is 229 Å². The van der Waals surface area contributed by atoms with Crippen LogP contribution < -0.4 is 21.1 Å². The number of primary amides is 1. The zero-order valence-corrected chi connectivity index (χ0v) is 22.1. The summed E-state index contributed by atoms with van der Waals surface area (Å²) in [5, 5.41) is 9.64. The number of carbonyl (C=O) groups excluding carboxylic acids is 3. The first-order chi connectivity index (χ1) is 19.4. The number of aryl methyl sites for hydroxylation is 2. The highest BCUT2D eigenvalue weighted by Crippen LogP contribution is 2.31. The molecule has 0 aliphatic heterocycles. The van der Waals surface area contributed by atoms with Crippen molar-refractivity contribution in [2.75, 3.05) is 19.0 Å². The summed E-state index contributed by atoms with van der Waals surface area (Å²) in [7, 11) is 1.47. The lowest BCUT2D eigenvalue weighted by Crippen LogP contribution is -2.26. The van der Waals surface area contributed by atoms with Gasteiger partial charge in [-0.05, 0) is 49.8 Å². The zero-order valence-electron chi connectivity index (χ0n) is 22.1. The number of anilines is 1. The predicted molar refractivity (Wildman–Crippen MR) is 145 cm³/mol. The number of hydrogen-bond donors (Lipinski definition) is 3. The summed E-state index contributed by atoms with van der Waals surface area (Å²) in [5.41, 5.74) is 9.21. The van der Waals surface area contributed by atoms with Crippen LogP contribution in [0.4, 0.5) is 10.7 Å². The lowest BCUT2D eigenvalue weighted by Gasteiger charge is -2.13. The van der Waals surface area contributed by atoms with Gasteiger partial charge in [-0.1, -0.05) is 35.5 Å². The van der Waals surface area contributed by atoms with Crippen molar-refractivity contribution in [2.45, 2.75) is 45.3 Å². The number of fused-ring (bicyclic) bond motifs is 2. The lowest BCUT2D eigenvalue weighted by atomic mass is 9.96. The molecule has 1 aliphatic carbocycles. The minimum absolute atomic E-state index is 0.166. The van der Waals surface area contributed by atoms with E-state index in [2.05, 4.69) is 20.8 Å². The monoisotopic (exact) mass is 546 g/mol. The lowest BCUT2D eigenvalue weighted by molar-refractivity contribution is 0.0982. The third kappa shape index (κ3) is 5.75. The maximum Gasteiger partial charge on any atom is 0.407 e. The average Bonchev–Trinajstić information content (AvgIpc) is 3.55. The summed E-state index contributed by atoms with van der Waals surface area (Å²) in [6, 6.07) is 12.5. The van der Waals surface area contributed by atoms with E-state index in [1.54, 1.807) is 10.6 Å². The van der Waals surface area contributed by atoms with E-state index in [0.717, 1.165) is 42.5 Å². The molecule has 4 N–H and O–H groups in total. The van der Waals surface area contributed by atoms with Crippen LogP contribution >= 0.6 is 0 Å². The minimum atomic E-state index is -0.633. The first-order valence-corrected chi connectivity index (χ1v) is 13.1. The fourth-order valence-electron chi connectivity index (χ4n) is 4.77. The fourth-order valence-corrected chi connectivity index (χ4v) is 4.77. The van der Waals surface area contributed by atoms with E-state index in [-0.39, 0.29) is 23.9 Å². The number of benzene rings is 2. The molecule has 5 rings (SSSR count). The van der Waals surface area contributed by atoms with Gasteiger partial charge in [0.05, 0.1) is 18.3 Å². The molecule has 0 saturated heterocycles. The molecule has 12 heteroatoms. The Bertz CT molecular complexity index is 1540. The molecule has 0 radical (unpaired) electrons. The van der Waals surface area contributed by atoms with Crippen molar-refractivity contribution >= 4 is 34.9 Å². The number of ether oxygens (including phenoxy) is 2. The Morgan fingerprint density at radius 2 is 1.93 bits per heavy atom. The normalized spacial score (nSPS) is 12.5. The average molecular weight is 547 g/mol. The molecule has 3 amide bonds. The van der Waals surface area contributed by atoms with Crippen molar-refractivity contribution < 1.29 is 28.4 Å². The van der Waals surface area contributed by atoms with Crippen molar-refractivity contribution in [2.24, 2.45) is 5.73 Å². The highest BCUT2D eigenvalue weighted by atomic mass is 16.5. The van der Waals surface area contributed by atoms with Gasteiger partial charge in [0.2, 0.25) is 17.6 Å². The molecule has 0 bridgehead atoms. The number of amides is 3. The summed E-state index contributed by atoms with van der Waals surface area (Å²) < 4.78 is 18.0. The summed E-state index contributed by atoms with van der Waals surface area (Å²) in [6.07, 6.45) is 3.41. The number of imidazole rings is 1. The fraction of sp³-hybridized carbons (Fsp3) is 0.321. The van der Waals surface area contributed by atoms with Gasteiger partial charge < -0.3 is 29.6 Å². The molecule has 2 aromatic heterocycles. The summed E-state index contributed by atoms with van der Waals surface area (Å²) in [5.74, 6) is -0.337. The van der Waals surface area contributed by atoms with Gasteiger partial charge in [0.1, 0.15) is 17.9 Å². The Hall–Kier alpha value is -4.87. The molecule has 0 atom stereocenters. The molecule has 2 aromatic carbocycles. The van der Waals surface area contributed by atoms with Crippen LogP contribution in [0.15, 0.2) is 47.0 Å². The standard InChI is InChI=1S/C28H30N6O6/c1-38-22-15-18(25(29)35)14-21-23(22)34(13-7-12-30-28(37)39-16-17-8-3-2-4-9-17)27(31-21)32-26(36)24-19-10-5-6-11-20(19)33-40-24/h2-4,8-9,14-15H,5-7,10-13,16H2,1H3,(H2,29,35)(H,30,37)(H,31,32,36). The number of nitrogens with one attached hydrogen (secondary N) is 2. The van der Waals surface area contributed by atoms with E-state index in [4.69, 9.17) is 19.7 Å². The van der Waals surface area contributed by atoms with Crippen LogP contribution in [0.3, 0.4) is 0 Å². The highest BCUT2D eigenvalue weighted by Gasteiger charge is 2.26. The number of aromatic nitrogens is 3. The number of methoxy groups -OCH3 is 1. The number of nitrogens with zero attached hydrogens (tertiary/aromatic N) is 3. The molecule has 4 aromatic rings. The van der Waals surface area contributed by atoms with E-state index in [9.17, 15) is 14.4 Å². The molecule has 0 spiro atoms. The predicted octanol–water partition coefficient (Wildman–Crippen LogP) is 3.58. The largest absolute Gasteiger partial charge is 0.494 e. The molecule has 1 aliphatic rings. The molecular formula is C28H30N6O6. The second kappa shape index (κ2) is 11.9. The van der Waals surface area contributed by atoms with Gasteiger partial charge >= 0.3 is 6.09 Å². The smallest absolute Gasteiger partial charge is 0.407 e. The van der Waals surface area contributed by atoms with Crippen molar-refractivity contribution in [3.05, 3.63) is 70.6 Å². The first kappa shape index (κ1) is 26.7. The van der Waals surface area contributed by atoms with Gasteiger partial charge in [0.25, 0.3) is 5.91 Å². The minimum Gasteiger partial charge on any atom is -0.494 e. The van der Waals surface area contributed by atoms with Crippen LogP contribution in [0.25, 0.3) is 11.0 Å². The van der Waals surface area contributed by atoms with Crippen molar-refractivity contribution in [1.82, 2.24) is 20.0 Å². The molecule has 12 nitrogen and oxygen atoms in total. The second-order valence-electron chi connectivity index (χ2n) is 9.44. The molecule has 40 heavy (non-hydrogen) atoms. The molecule has 2 heterocycles. The van der Waals surface area contributed by atoms with Crippen LogP contribution in [0.2, 0.25) is 0 Å². The molecule has 0 saturated carbocycles. The van der Waals surface area contributed by atoms with E-state index >= 15 is 0 Å². The van der Waals surface area contributed by atoms with Crippen LogP contribution in [0.1, 0.15) is 57.0 Å². The Morgan fingerprint density at radius 1 is 1.12 bits per heavy atom. The number of rotatable bonds is 10. The van der Waals surface area contributed by atoms with Crippen LogP contribution in [0, 0.1) is 0 Å². The molecule has 0 unspecified atom stereocenters. The van der Waals surface area contributed by atoms with Crippen molar-refractivity contribution in [3.8, 4) is 5.75 Å². The third-order valence-corrected chi connectivity index (χ3v) is 6.74. The quantitative estimate of drug-likeness (QED) is 0.254. The van der Waals surface area contributed by atoms with Crippen LogP contribution in [-0.2, 0) is 30.7 Å². The number of alkyl carbamates (subject to hydrolysis) is 1. The zero-order chi connectivity index (χ0) is 28.1. The Balaban J connectivity index is 1.34. The van der Waals surface area contributed by atoms with E-state index in [1.165, 1.54) is 13.2 Å². The Morgan fingerprint density at radius 3 is 2.70 bits per heavy atom. The van der Waals surface area contributed by atoms with Gasteiger partial charge in [0.15, 0.2) is 0 Å². The summed E-state index contributed by atoms with van der Waals surface area (Å²) >= 11 is 0. The first-order valence-electron chi connectivity index (χ1n) is 13.1. The Kier molecular flexibility index (Phi) is 7.94. The van der Waals surface area contributed by atoms with Crippen LogP contribution in [0.5, 0.6) is 5.75 Å². The number of hydrogen-bond acceptors (Lipinski definition) is 8. The third-order valence-electron chi connectivity index (χ3n) is 6.74. The van der Waals surface area contributed by atoms with Crippen molar-refractivity contribution in [1.29, 1.82) is 0 Å². The van der Waals surface area contributed by atoms with Gasteiger partial charge in [-0.15, -0.1) is 0 Å². The highest BCUT2D eigenvalue weighted by molar-refractivity contribution is 6.04. The molecular weight excluding hydrogens is 516 g/mol. The van der Waals surface area contributed by atoms with Crippen LogP contribution in [-0.4, -0.2) is 46.3 Å². The van der Waals surface area contributed by atoms with E-state index < -0.39 is 17.9 Å². The van der Waals surface area contributed by atoms with E-state index in [1.807, 2.05) is 30.3 Å². The van der Waals surface area contributed by atoms with Gasteiger partial charge in [-0.25, -0.2) is 9.78 Å². The molecule has 0 fully saturated rings. The summed E-state index contributed by atoms with van der Waals surface area (Å²) in [6.45, 7) is 0.823. The summed E-state index contributed by atoms with van der Waals surface area (Å²) in [4.78, 5) is 41.9. The van der Waals surface area contributed by atoms with E-state index in [0.29, 0.717) is 36.3 Å². The maximum absolute atomic E-state index is 13.2. The maximum atomic E-state index is 13.2. The number of carbonyl (C=O) groups is 3. The topological polar surface area (TPSA) is 164 Å². The van der Waals surface area contributed by atoms with Gasteiger partial charge in [0, 0.05) is 24.2 Å². The van der Waals surface area contributed by atoms with Gasteiger partial charge in [-0.2, -0.15) is 0 Å². The SMILES string of the molecule is COc1cc(C(N)=O)cc2nc(NC(=O)c3onc4c3CCCC4)n(CCCNC(=O)OCc3ccccc3)c12. The molecule has 208 valence electrons. The van der Waals surface area contributed by atoms with Crippen molar-refractivity contribution in [3.63, 3.8) is 0 Å².